The van der Waals surface area contributed by atoms with Gasteiger partial charge in [-0.2, -0.15) is 0 Å². The monoisotopic (exact) mass is 398 g/mol. The van der Waals surface area contributed by atoms with Gasteiger partial charge in [0.2, 0.25) is 11.8 Å². The Morgan fingerprint density at radius 1 is 1.17 bits per heavy atom. The van der Waals surface area contributed by atoms with Gasteiger partial charge in [-0.25, -0.2) is 0 Å². The number of nitrogens with zero attached hydrogens (tertiary/aromatic N) is 2. The molecule has 3 fully saturated rings. The van der Waals surface area contributed by atoms with Crippen LogP contribution in [0.15, 0.2) is 18.2 Å². The molecule has 0 aromatic heterocycles. The summed E-state index contributed by atoms with van der Waals surface area (Å²) in [5.41, 5.74) is 2.74. The number of rotatable bonds is 3. The van der Waals surface area contributed by atoms with Crippen LogP contribution < -0.4 is 10.6 Å². The summed E-state index contributed by atoms with van der Waals surface area (Å²) in [7, 11) is 0. The van der Waals surface area contributed by atoms with Gasteiger partial charge in [0.05, 0.1) is 12.7 Å². The van der Waals surface area contributed by atoms with Gasteiger partial charge < -0.3 is 15.0 Å². The van der Waals surface area contributed by atoms with Crippen molar-refractivity contribution >= 4 is 17.7 Å². The first kappa shape index (κ1) is 18.7. The van der Waals surface area contributed by atoms with Crippen LogP contribution in [0, 0.1) is 0 Å². The molecule has 0 spiro atoms. The summed E-state index contributed by atoms with van der Waals surface area (Å²) in [5.74, 6) is -0.746. The maximum atomic E-state index is 13.0. The van der Waals surface area contributed by atoms with E-state index in [4.69, 9.17) is 4.74 Å². The molecule has 3 amide bonds. The average Bonchev–Trinajstić information content (AvgIpc) is 3.04. The molecule has 1 unspecified atom stereocenters. The molecule has 5 rings (SSSR count). The fourth-order valence-electron chi connectivity index (χ4n) is 4.95. The van der Waals surface area contributed by atoms with Gasteiger partial charge in [0.15, 0.2) is 0 Å². The molecular formula is C21H26N4O4. The number of carbonyl (C=O) groups is 3. The van der Waals surface area contributed by atoms with E-state index in [-0.39, 0.29) is 24.1 Å². The first-order valence-corrected chi connectivity index (χ1v) is 10.4. The number of benzene rings is 1. The molecule has 4 aliphatic rings. The highest BCUT2D eigenvalue weighted by molar-refractivity contribution is 6.05. The minimum Gasteiger partial charge on any atom is -0.375 e. The number of amides is 3. The fraction of sp³-hybridized carbons (Fsp3) is 0.571. The van der Waals surface area contributed by atoms with Crippen molar-refractivity contribution in [1.29, 1.82) is 0 Å². The van der Waals surface area contributed by atoms with E-state index in [0.29, 0.717) is 30.7 Å². The highest BCUT2D eigenvalue weighted by Gasteiger charge is 2.39. The van der Waals surface area contributed by atoms with E-state index in [9.17, 15) is 14.4 Å². The Labute approximate surface area is 169 Å². The van der Waals surface area contributed by atoms with Crippen LogP contribution in [-0.2, 0) is 27.4 Å². The third-order valence-corrected chi connectivity index (χ3v) is 6.47. The molecule has 3 saturated heterocycles. The molecule has 0 saturated carbocycles. The van der Waals surface area contributed by atoms with Gasteiger partial charge >= 0.3 is 0 Å². The second-order valence-electron chi connectivity index (χ2n) is 8.39. The molecule has 8 heteroatoms. The molecule has 1 aromatic rings. The number of hydrogen-bond donors (Lipinski definition) is 2. The predicted molar refractivity (Wildman–Crippen MR) is 104 cm³/mol. The van der Waals surface area contributed by atoms with Crippen molar-refractivity contribution < 1.29 is 19.1 Å². The summed E-state index contributed by atoms with van der Waals surface area (Å²) in [6.45, 7) is 4.84. The van der Waals surface area contributed by atoms with Crippen LogP contribution in [0.25, 0.3) is 0 Å². The van der Waals surface area contributed by atoms with Crippen molar-refractivity contribution in [3.8, 4) is 0 Å². The summed E-state index contributed by atoms with van der Waals surface area (Å²) in [6, 6.07) is 5.87. The molecule has 0 bridgehead atoms. The van der Waals surface area contributed by atoms with Gasteiger partial charge in [-0.05, 0) is 30.0 Å². The van der Waals surface area contributed by atoms with Crippen LogP contribution in [0.2, 0.25) is 0 Å². The molecular weight excluding hydrogens is 372 g/mol. The molecule has 4 heterocycles. The van der Waals surface area contributed by atoms with Crippen molar-refractivity contribution in [3.05, 3.63) is 34.9 Å². The number of morpholine rings is 1. The lowest BCUT2D eigenvalue weighted by molar-refractivity contribution is -0.136. The van der Waals surface area contributed by atoms with E-state index in [1.54, 1.807) is 4.90 Å². The maximum absolute atomic E-state index is 13.0. The lowest BCUT2D eigenvalue weighted by Gasteiger charge is -2.41. The quantitative estimate of drug-likeness (QED) is 0.697. The largest absolute Gasteiger partial charge is 0.375 e. The van der Waals surface area contributed by atoms with Crippen molar-refractivity contribution in [2.24, 2.45) is 0 Å². The summed E-state index contributed by atoms with van der Waals surface area (Å²) in [6.07, 6.45) is 1.99. The van der Waals surface area contributed by atoms with Crippen molar-refractivity contribution in [2.45, 2.75) is 50.5 Å². The smallest absolute Gasteiger partial charge is 0.255 e. The van der Waals surface area contributed by atoms with Crippen molar-refractivity contribution in [1.82, 2.24) is 20.4 Å². The lowest BCUT2D eigenvalue weighted by Crippen LogP contribution is -2.58. The molecule has 29 heavy (non-hydrogen) atoms. The number of imide groups is 1. The number of ether oxygens (including phenoxy) is 1. The zero-order valence-electron chi connectivity index (χ0n) is 16.4. The van der Waals surface area contributed by atoms with E-state index >= 15 is 0 Å². The number of likely N-dealkylation sites (tertiary alicyclic amines) is 1. The zero-order valence-corrected chi connectivity index (χ0v) is 16.4. The molecule has 1 aromatic carbocycles. The lowest BCUT2D eigenvalue weighted by atomic mass is 9.99. The van der Waals surface area contributed by atoms with Crippen molar-refractivity contribution in [2.75, 3.05) is 26.2 Å². The Morgan fingerprint density at radius 2 is 2.07 bits per heavy atom. The van der Waals surface area contributed by atoms with E-state index in [0.717, 1.165) is 50.3 Å². The molecule has 2 N–H and O–H groups in total. The second-order valence-corrected chi connectivity index (χ2v) is 8.39. The Hall–Kier alpha value is -2.29. The summed E-state index contributed by atoms with van der Waals surface area (Å²) in [5, 5.41) is 5.89. The average molecular weight is 398 g/mol. The zero-order chi connectivity index (χ0) is 20.0. The topological polar surface area (TPSA) is 91.0 Å². The third kappa shape index (κ3) is 3.56. The van der Waals surface area contributed by atoms with Gasteiger partial charge in [-0.1, -0.05) is 12.1 Å². The Morgan fingerprint density at radius 3 is 2.93 bits per heavy atom. The third-order valence-electron chi connectivity index (χ3n) is 6.47. The number of nitrogens with one attached hydrogen (secondary N) is 2. The minimum absolute atomic E-state index is 0.114. The van der Waals surface area contributed by atoms with Gasteiger partial charge in [0.25, 0.3) is 5.91 Å². The number of carbonyl (C=O) groups excluding carboxylic acids is 3. The van der Waals surface area contributed by atoms with Gasteiger partial charge in [-0.3, -0.25) is 24.6 Å². The number of hydrogen-bond acceptors (Lipinski definition) is 6. The van der Waals surface area contributed by atoms with Crippen LogP contribution in [-0.4, -0.2) is 72.0 Å². The predicted octanol–water partition coefficient (Wildman–Crippen LogP) is 0.0103. The molecule has 8 nitrogen and oxygen atoms in total. The van der Waals surface area contributed by atoms with E-state index < -0.39 is 6.04 Å². The van der Waals surface area contributed by atoms with Crippen LogP contribution in [0.1, 0.15) is 40.7 Å². The van der Waals surface area contributed by atoms with Crippen LogP contribution in [0.3, 0.4) is 0 Å². The molecule has 4 aliphatic heterocycles. The first-order valence-electron chi connectivity index (χ1n) is 10.4. The first-order chi connectivity index (χ1) is 14.1. The van der Waals surface area contributed by atoms with Gasteiger partial charge in [0, 0.05) is 50.7 Å². The Kier molecular flexibility index (Phi) is 4.85. The SMILES string of the molecule is O=C1CCC(N2Cc3ccc(CN4CC[C@H]5OCCN[C@H]5C4)cc3C2=O)C(=O)N1. The minimum atomic E-state index is -0.563. The van der Waals surface area contributed by atoms with Crippen LogP contribution in [0.4, 0.5) is 0 Å². The summed E-state index contributed by atoms with van der Waals surface area (Å²) >= 11 is 0. The van der Waals surface area contributed by atoms with Gasteiger partial charge in [0.1, 0.15) is 6.04 Å². The normalized spacial score (nSPS) is 30.1. The highest BCUT2D eigenvalue weighted by atomic mass is 16.5. The molecule has 3 atom stereocenters. The maximum Gasteiger partial charge on any atom is 0.255 e. The van der Waals surface area contributed by atoms with E-state index in [2.05, 4.69) is 21.6 Å². The second kappa shape index (κ2) is 7.51. The van der Waals surface area contributed by atoms with E-state index in [1.165, 1.54) is 0 Å². The molecule has 154 valence electrons. The summed E-state index contributed by atoms with van der Waals surface area (Å²) < 4.78 is 5.85. The molecule has 0 radical (unpaired) electrons. The highest BCUT2D eigenvalue weighted by Crippen LogP contribution is 2.29. The Balaban J connectivity index is 1.27. The number of fused-ring (bicyclic) bond motifs is 2. The van der Waals surface area contributed by atoms with E-state index in [1.807, 2.05) is 12.1 Å². The van der Waals surface area contributed by atoms with Gasteiger partial charge in [-0.15, -0.1) is 0 Å². The van der Waals surface area contributed by atoms with Crippen LogP contribution >= 0.6 is 0 Å². The fourth-order valence-corrected chi connectivity index (χ4v) is 4.95. The van der Waals surface area contributed by atoms with Crippen LogP contribution in [0.5, 0.6) is 0 Å². The molecule has 0 aliphatic carbocycles. The Bertz CT molecular complexity index is 857. The van der Waals surface area contributed by atoms with Crippen molar-refractivity contribution in [3.63, 3.8) is 0 Å². The number of piperidine rings is 2. The summed E-state index contributed by atoms with van der Waals surface area (Å²) in [4.78, 5) is 40.6. The standard InChI is InChI=1S/C21H26N4O4/c26-19-4-3-17(20(27)23-19)25-11-14-2-1-13(9-15(14)21(25)28)10-24-7-5-18-16(12-24)22-6-8-29-18/h1-2,9,16-18,22H,3-8,10-12H2,(H,23,26,27)/t16-,17?,18+/m0/s1.